The fourth-order valence-corrected chi connectivity index (χ4v) is 1.12. The van der Waals surface area contributed by atoms with Crippen LogP contribution in [0.4, 0.5) is 0 Å². The van der Waals surface area contributed by atoms with E-state index >= 15 is 0 Å². The molecule has 1 aromatic carbocycles. The van der Waals surface area contributed by atoms with Gasteiger partial charge in [-0.3, -0.25) is 0 Å². The molecule has 0 fully saturated rings. The van der Waals surface area contributed by atoms with Crippen molar-refractivity contribution in [1.82, 2.24) is 0 Å². The lowest BCUT2D eigenvalue weighted by atomic mass is 10.1. The first-order valence-electron chi connectivity index (χ1n) is 4.65. The zero-order valence-corrected chi connectivity index (χ0v) is 8.93. The molecule has 0 saturated carbocycles. The van der Waals surface area contributed by atoms with Gasteiger partial charge in [-0.05, 0) is 13.8 Å². The Balaban J connectivity index is 3.18. The minimum Gasteiger partial charge on any atom is -0.504 e. The highest BCUT2D eigenvalue weighted by atomic mass is 16.5. The van der Waals surface area contributed by atoms with E-state index in [2.05, 4.69) is 0 Å². The molecule has 0 radical (unpaired) electrons. The van der Waals surface area contributed by atoms with Gasteiger partial charge >= 0.3 is 0 Å². The van der Waals surface area contributed by atoms with Crippen LogP contribution in [0.25, 0.3) is 0 Å². The Bertz CT molecular complexity index is 370. The summed E-state index contributed by atoms with van der Waals surface area (Å²) < 4.78 is 5.12. The smallest absolute Gasteiger partial charge is 0.208 e. The average Bonchev–Trinajstić information content (AvgIpc) is 2.23. The Morgan fingerprint density at radius 1 is 0.812 bits per heavy atom. The van der Waals surface area contributed by atoms with Gasteiger partial charge in [-0.2, -0.15) is 0 Å². The van der Waals surface area contributed by atoms with Crippen molar-refractivity contribution in [1.29, 1.82) is 0 Å². The van der Waals surface area contributed by atoms with Crippen LogP contribution in [0.5, 0.6) is 28.7 Å². The lowest BCUT2D eigenvalue weighted by Gasteiger charge is -2.13. The van der Waals surface area contributed by atoms with E-state index in [1.807, 2.05) is 0 Å². The number of rotatable bonds is 3. The molecule has 0 spiro atoms. The zero-order valence-electron chi connectivity index (χ0n) is 8.93. The second-order valence-electron chi connectivity index (χ2n) is 3.58. The number of benzene rings is 1. The molecule has 0 saturated heterocycles. The van der Waals surface area contributed by atoms with Crippen molar-refractivity contribution < 1.29 is 30.3 Å². The predicted octanol–water partition coefficient (Wildman–Crippen LogP) is 1.14. The summed E-state index contributed by atoms with van der Waals surface area (Å²) >= 11 is 0. The van der Waals surface area contributed by atoms with E-state index in [1.165, 1.54) is 0 Å². The van der Waals surface area contributed by atoms with Crippen LogP contribution < -0.4 is 0 Å². The summed E-state index contributed by atoms with van der Waals surface area (Å²) in [5.74, 6) is -4.18. The predicted molar refractivity (Wildman–Crippen MR) is 54.7 cm³/mol. The van der Waals surface area contributed by atoms with Gasteiger partial charge in [-0.25, -0.2) is 0 Å². The summed E-state index contributed by atoms with van der Waals surface area (Å²) in [5, 5.41) is 46.4. The summed E-state index contributed by atoms with van der Waals surface area (Å²) in [5.41, 5.74) is -0.179. The lowest BCUT2D eigenvalue weighted by molar-refractivity contribution is 0.0627. The van der Waals surface area contributed by atoms with Gasteiger partial charge in [0.05, 0.1) is 18.3 Å². The first-order chi connectivity index (χ1) is 7.36. The highest BCUT2D eigenvalue weighted by molar-refractivity contribution is 5.67. The van der Waals surface area contributed by atoms with Crippen LogP contribution in [0, 0.1) is 0 Å². The number of aromatic hydroxyl groups is 5. The molecule has 6 nitrogen and oxygen atoms in total. The second-order valence-corrected chi connectivity index (χ2v) is 3.58. The van der Waals surface area contributed by atoms with E-state index < -0.39 is 28.7 Å². The van der Waals surface area contributed by atoms with Crippen molar-refractivity contribution in [3.63, 3.8) is 0 Å². The minimum absolute atomic E-state index is 0.156. The van der Waals surface area contributed by atoms with Crippen LogP contribution in [0.3, 0.4) is 0 Å². The third-order valence-corrected chi connectivity index (χ3v) is 2.03. The van der Waals surface area contributed by atoms with Gasteiger partial charge in [-0.15, -0.1) is 0 Å². The fourth-order valence-electron chi connectivity index (χ4n) is 1.12. The number of ether oxygens (including phenoxy) is 1. The van der Waals surface area contributed by atoms with Gasteiger partial charge in [-0.1, -0.05) is 0 Å². The molecule has 1 rings (SSSR count). The number of phenolic OH excluding ortho intramolecular Hbond substituents is 5. The van der Waals surface area contributed by atoms with E-state index in [0.717, 1.165) is 0 Å². The van der Waals surface area contributed by atoms with E-state index in [4.69, 9.17) is 9.84 Å². The topological polar surface area (TPSA) is 110 Å². The largest absolute Gasteiger partial charge is 0.504 e. The zero-order chi connectivity index (χ0) is 12.5. The first-order valence-corrected chi connectivity index (χ1v) is 4.65. The van der Waals surface area contributed by atoms with Crippen LogP contribution in [-0.4, -0.2) is 31.6 Å². The van der Waals surface area contributed by atoms with E-state index in [0.29, 0.717) is 0 Å². The third kappa shape index (κ3) is 2.06. The van der Waals surface area contributed by atoms with E-state index in [-0.39, 0.29) is 18.3 Å². The SMILES string of the molecule is CC(C)OCc1c(O)c(O)c(O)c(O)c1O. The standard InChI is InChI=1S/C10H14O6/c1-4(2)16-3-5-6(11)8(13)10(15)9(14)7(5)12/h4,11-15H,3H2,1-2H3. The molecule has 6 heteroatoms. The Labute approximate surface area is 92.0 Å². The van der Waals surface area contributed by atoms with Crippen LogP contribution in [0.2, 0.25) is 0 Å². The molecule has 0 aliphatic carbocycles. The molecule has 0 heterocycles. The summed E-state index contributed by atoms with van der Waals surface area (Å²) in [7, 11) is 0. The third-order valence-electron chi connectivity index (χ3n) is 2.03. The molecule has 5 N–H and O–H groups in total. The molecule has 16 heavy (non-hydrogen) atoms. The summed E-state index contributed by atoms with van der Waals surface area (Å²) in [4.78, 5) is 0. The van der Waals surface area contributed by atoms with Crippen LogP contribution in [-0.2, 0) is 11.3 Å². The van der Waals surface area contributed by atoms with Crippen LogP contribution in [0.1, 0.15) is 19.4 Å². The molecule has 0 unspecified atom stereocenters. The quantitative estimate of drug-likeness (QED) is 0.393. The molecule has 0 amide bonds. The molecule has 1 aromatic rings. The fraction of sp³-hybridized carbons (Fsp3) is 0.400. The number of hydrogen-bond donors (Lipinski definition) is 5. The van der Waals surface area contributed by atoms with Gasteiger partial charge in [0.15, 0.2) is 11.5 Å². The highest BCUT2D eigenvalue weighted by Gasteiger charge is 2.23. The maximum atomic E-state index is 9.44. The number of hydrogen-bond acceptors (Lipinski definition) is 6. The Kier molecular flexibility index (Phi) is 3.34. The minimum atomic E-state index is -0.969. The van der Waals surface area contributed by atoms with E-state index in [9.17, 15) is 20.4 Å². The maximum absolute atomic E-state index is 9.44. The Morgan fingerprint density at radius 3 is 1.56 bits per heavy atom. The van der Waals surface area contributed by atoms with Gasteiger partial charge in [0.2, 0.25) is 17.2 Å². The lowest BCUT2D eigenvalue weighted by Crippen LogP contribution is -2.02. The Hall–Kier alpha value is -1.82. The molecular weight excluding hydrogens is 216 g/mol. The molecule has 0 aliphatic heterocycles. The molecule has 0 aromatic heterocycles. The van der Waals surface area contributed by atoms with Gasteiger partial charge in [0.1, 0.15) is 0 Å². The Morgan fingerprint density at radius 2 is 1.19 bits per heavy atom. The van der Waals surface area contributed by atoms with Crippen LogP contribution >= 0.6 is 0 Å². The summed E-state index contributed by atoms with van der Waals surface area (Å²) in [6.45, 7) is 3.29. The van der Waals surface area contributed by atoms with Crippen molar-refractivity contribution >= 4 is 0 Å². The molecule has 0 bridgehead atoms. The van der Waals surface area contributed by atoms with Crippen molar-refractivity contribution in [3.8, 4) is 28.7 Å². The van der Waals surface area contributed by atoms with Crippen LogP contribution in [0.15, 0.2) is 0 Å². The maximum Gasteiger partial charge on any atom is 0.208 e. The molecule has 0 atom stereocenters. The van der Waals surface area contributed by atoms with Crippen molar-refractivity contribution in [2.45, 2.75) is 26.6 Å². The van der Waals surface area contributed by atoms with Gasteiger partial charge in [0, 0.05) is 0 Å². The van der Waals surface area contributed by atoms with E-state index in [1.54, 1.807) is 13.8 Å². The second kappa shape index (κ2) is 4.36. The highest BCUT2D eigenvalue weighted by Crippen LogP contribution is 2.50. The van der Waals surface area contributed by atoms with Crippen molar-refractivity contribution in [3.05, 3.63) is 5.56 Å². The van der Waals surface area contributed by atoms with Crippen molar-refractivity contribution in [2.75, 3.05) is 0 Å². The first kappa shape index (κ1) is 12.3. The molecule has 0 aliphatic rings. The van der Waals surface area contributed by atoms with Crippen molar-refractivity contribution in [2.24, 2.45) is 0 Å². The van der Waals surface area contributed by atoms with Gasteiger partial charge < -0.3 is 30.3 Å². The van der Waals surface area contributed by atoms with Gasteiger partial charge in [0.25, 0.3) is 0 Å². The molecule has 90 valence electrons. The summed E-state index contributed by atoms with van der Waals surface area (Å²) in [6, 6.07) is 0. The number of phenols is 5. The normalized spacial score (nSPS) is 10.9. The molecular formula is C10H14O6. The average molecular weight is 230 g/mol. The summed E-state index contributed by atoms with van der Waals surface area (Å²) in [6.07, 6.45) is -0.156. The monoisotopic (exact) mass is 230 g/mol.